The lowest BCUT2D eigenvalue weighted by Crippen LogP contribution is -2.13. The zero-order valence-electron chi connectivity index (χ0n) is 7.84. The van der Waals surface area contributed by atoms with Gasteiger partial charge in [-0.3, -0.25) is 0 Å². The molecule has 14 heavy (non-hydrogen) atoms. The van der Waals surface area contributed by atoms with E-state index in [0.29, 0.717) is 5.82 Å². The second-order valence-corrected chi connectivity index (χ2v) is 4.35. The van der Waals surface area contributed by atoms with Crippen LogP contribution in [0.4, 0.5) is 0 Å². The molecule has 1 atom stereocenters. The minimum absolute atomic E-state index is 0.199. The molecule has 0 aliphatic carbocycles. The van der Waals surface area contributed by atoms with Gasteiger partial charge in [-0.2, -0.15) is 0 Å². The van der Waals surface area contributed by atoms with Gasteiger partial charge in [0.25, 0.3) is 0 Å². The Morgan fingerprint density at radius 2 is 2.00 bits per heavy atom. The lowest BCUT2D eigenvalue weighted by Gasteiger charge is -2.06. The largest absolute Gasteiger partial charge is 0.317 e. The number of rotatable bonds is 2. The van der Waals surface area contributed by atoms with Crippen molar-refractivity contribution in [2.45, 2.75) is 13.0 Å². The SMILES string of the molecule is Cc1ccc(C(N)c2ncccn2)s1. The molecule has 0 aromatic carbocycles. The van der Waals surface area contributed by atoms with E-state index in [1.807, 2.05) is 6.07 Å². The smallest absolute Gasteiger partial charge is 0.150 e. The number of thiophene rings is 1. The second kappa shape index (κ2) is 3.86. The van der Waals surface area contributed by atoms with Crippen LogP contribution in [0.15, 0.2) is 30.6 Å². The maximum Gasteiger partial charge on any atom is 0.150 e. The van der Waals surface area contributed by atoms with Gasteiger partial charge in [-0.05, 0) is 25.1 Å². The predicted octanol–water partition coefficient (Wildman–Crippen LogP) is 1.89. The number of nitrogens with zero attached hydrogens (tertiary/aromatic N) is 2. The highest BCUT2D eigenvalue weighted by molar-refractivity contribution is 7.12. The Balaban J connectivity index is 2.29. The van der Waals surface area contributed by atoms with Crippen molar-refractivity contribution in [1.29, 1.82) is 0 Å². The average Bonchev–Trinajstić information content (AvgIpc) is 2.65. The summed E-state index contributed by atoms with van der Waals surface area (Å²) < 4.78 is 0. The van der Waals surface area contributed by atoms with Crippen LogP contribution < -0.4 is 5.73 Å². The van der Waals surface area contributed by atoms with Gasteiger partial charge in [-0.1, -0.05) is 0 Å². The Morgan fingerprint density at radius 3 is 2.57 bits per heavy atom. The Morgan fingerprint density at radius 1 is 1.29 bits per heavy atom. The Kier molecular flexibility index (Phi) is 2.56. The molecule has 0 aliphatic heterocycles. The lowest BCUT2D eigenvalue weighted by atomic mass is 10.2. The van der Waals surface area contributed by atoms with Gasteiger partial charge in [-0.25, -0.2) is 9.97 Å². The van der Waals surface area contributed by atoms with E-state index in [-0.39, 0.29) is 6.04 Å². The van der Waals surface area contributed by atoms with Crippen LogP contribution >= 0.6 is 11.3 Å². The Hall–Kier alpha value is -1.26. The van der Waals surface area contributed by atoms with Crippen LogP contribution in [0, 0.1) is 6.92 Å². The van der Waals surface area contributed by atoms with Crippen molar-refractivity contribution in [2.24, 2.45) is 5.73 Å². The fraction of sp³-hybridized carbons (Fsp3) is 0.200. The monoisotopic (exact) mass is 205 g/mol. The Labute approximate surface area is 86.6 Å². The van der Waals surface area contributed by atoms with Crippen LogP contribution in [0.25, 0.3) is 0 Å². The molecule has 1 unspecified atom stereocenters. The molecule has 2 rings (SSSR count). The molecule has 0 bridgehead atoms. The molecular weight excluding hydrogens is 194 g/mol. The third-order valence-electron chi connectivity index (χ3n) is 1.93. The molecule has 0 radical (unpaired) electrons. The third-order valence-corrected chi connectivity index (χ3v) is 3.02. The van der Waals surface area contributed by atoms with E-state index in [2.05, 4.69) is 23.0 Å². The summed E-state index contributed by atoms with van der Waals surface area (Å²) in [6.07, 6.45) is 3.42. The van der Waals surface area contributed by atoms with E-state index in [4.69, 9.17) is 5.73 Å². The van der Waals surface area contributed by atoms with E-state index in [1.54, 1.807) is 29.8 Å². The first-order chi connectivity index (χ1) is 6.77. The van der Waals surface area contributed by atoms with Crippen molar-refractivity contribution in [3.8, 4) is 0 Å². The van der Waals surface area contributed by atoms with Gasteiger partial charge >= 0.3 is 0 Å². The lowest BCUT2D eigenvalue weighted by molar-refractivity contribution is 0.795. The number of aromatic nitrogens is 2. The van der Waals surface area contributed by atoms with E-state index in [0.717, 1.165) is 4.88 Å². The quantitative estimate of drug-likeness (QED) is 0.814. The molecule has 2 N–H and O–H groups in total. The third kappa shape index (κ3) is 1.81. The first-order valence-corrected chi connectivity index (χ1v) is 5.18. The summed E-state index contributed by atoms with van der Waals surface area (Å²) in [5.41, 5.74) is 6.02. The summed E-state index contributed by atoms with van der Waals surface area (Å²) in [5, 5.41) is 0. The summed E-state index contributed by atoms with van der Waals surface area (Å²) in [4.78, 5) is 10.6. The Bertz CT molecular complexity index is 410. The summed E-state index contributed by atoms with van der Waals surface area (Å²) in [7, 11) is 0. The van der Waals surface area contributed by atoms with Crippen LogP contribution in [0.1, 0.15) is 21.6 Å². The molecule has 2 aromatic heterocycles. The molecule has 4 heteroatoms. The van der Waals surface area contributed by atoms with Gasteiger partial charge in [0.15, 0.2) is 0 Å². The van der Waals surface area contributed by atoms with Crippen molar-refractivity contribution < 1.29 is 0 Å². The summed E-state index contributed by atoms with van der Waals surface area (Å²) >= 11 is 1.69. The minimum Gasteiger partial charge on any atom is -0.317 e. The molecule has 3 nitrogen and oxygen atoms in total. The number of nitrogens with two attached hydrogens (primary N) is 1. The second-order valence-electron chi connectivity index (χ2n) is 3.03. The zero-order valence-corrected chi connectivity index (χ0v) is 8.66. The summed E-state index contributed by atoms with van der Waals surface area (Å²) in [5.74, 6) is 0.675. The number of hydrogen-bond acceptors (Lipinski definition) is 4. The number of aryl methyl sites for hydroxylation is 1. The van der Waals surface area contributed by atoms with Crippen molar-refractivity contribution in [1.82, 2.24) is 9.97 Å². The molecule has 0 spiro atoms. The molecule has 72 valence electrons. The summed E-state index contributed by atoms with van der Waals surface area (Å²) in [6.45, 7) is 2.06. The van der Waals surface area contributed by atoms with Crippen molar-refractivity contribution in [3.63, 3.8) is 0 Å². The van der Waals surface area contributed by atoms with Crippen LogP contribution in [-0.2, 0) is 0 Å². The van der Waals surface area contributed by atoms with E-state index < -0.39 is 0 Å². The van der Waals surface area contributed by atoms with Gasteiger partial charge in [0.05, 0.1) is 6.04 Å². The van der Waals surface area contributed by atoms with Gasteiger partial charge < -0.3 is 5.73 Å². The fourth-order valence-corrected chi connectivity index (χ4v) is 2.10. The molecule has 0 fully saturated rings. The normalized spacial score (nSPS) is 12.7. The van der Waals surface area contributed by atoms with Gasteiger partial charge in [0.2, 0.25) is 0 Å². The van der Waals surface area contributed by atoms with Crippen LogP contribution in [0.5, 0.6) is 0 Å². The predicted molar refractivity (Wildman–Crippen MR) is 57.1 cm³/mol. The van der Waals surface area contributed by atoms with E-state index in [1.165, 1.54) is 4.88 Å². The maximum atomic E-state index is 6.02. The van der Waals surface area contributed by atoms with Gasteiger partial charge in [-0.15, -0.1) is 11.3 Å². The van der Waals surface area contributed by atoms with Crippen LogP contribution in [-0.4, -0.2) is 9.97 Å². The highest BCUT2D eigenvalue weighted by Crippen LogP contribution is 2.23. The van der Waals surface area contributed by atoms with E-state index >= 15 is 0 Å². The first-order valence-electron chi connectivity index (χ1n) is 4.36. The molecule has 0 saturated heterocycles. The van der Waals surface area contributed by atoms with Crippen molar-refractivity contribution in [3.05, 3.63) is 46.2 Å². The average molecular weight is 205 g/mol. The standard InChI is InChI=1S/C10H11N3S/c1-7-3-4-8(14-7)9(11)10-12-5-2-6-13-10/h2-6,9H,11H2,1H3. The topological polar surface area (TPSA) is 51.8 Å². The van der Waals surface area contributed by atoms with Crippen molar-refractivity contribution in [2.75, 3.05) is 0 Å². The van der Waals surface area contributed by atoms with Crippen molar-refractivity contribution >= 4 is 11.3 Å². The highest BCUT2D eigenvalue weighted by Gasteiger charge is 2.12. The molecule has 0 aliphatic rings. The highest BCUT2D eigenvalue weighted by atomic mass is 32.1. The molecule has 0 saturated carbocycles. The maximum absolute atomic E-state index is 6.02. The molecule has 0 amide bonds. The summed E-state index contributed by atoms with van der Waals surface area (Å²) in [6, 6.07) is 5.68. The van der Waals surface area contributed by atoms with Crippen LogP contribution in [0.3, 0.4) is 0 Å². The molecule has 2 aromatic rings. The first kappa shape index (κ1) is 9.30. The minimum atomic E-state index is -0.199. The molecular formula is C10H11N3S. The zero-order chi connectivity index (χ0) is 9.97. The van der Waals surface area contributed by atoms with Gasteiger partial charge in [0, 0.05) is 22.1 Å². The van der Waals surface area contributed by atoms with Crippen LogP contribution in [0.2, 0.25) is 0 Å². The van der Waals surface area contributed by atoms with E-state index in [9.17, 15) is 0 Å². The number of hydrogen-bond donors (Lipinski definition) is 1. The fourth-order valence-electron chi connectivity index (χ4n) is 1.22. The van der Waals surface area contributed by atoms with Gasteiger partial charge in [0.1, 0.15) is 5.82 Å². The molecule has 2 heterocycles.